The van der Waals surface area contributed by atoms with Crippen LogP contribution in [0.5, 0.6) is 5.75 Å². The number of Topliss-reactive ketones (excluding diaryl/α,β-unsaturated/α-hetero) is 2. The normalized spacial score (nSPS) is 27.2. The van der Waals surface area contributed by atoms with Gasteiger partial charge >= 0.3 is 11.4 Å². The van der Waals surface area contributed by atoms with Crippen LogP contribution < -0.4 is 16.1 Å². The molecule has 2 heterocycles. The first-order valence-corrected chi connectivity index (χ1v) is 14.1. The minimum atomic E-state index is -2.17. The van der Waals surface area contributed by atoms with Crippen molar-refractivity contribution >= 4 is 58.0 Å². The van der Waals surface area contributed by atoms with Crippen LogP contribution in [0.15, 0.2) is 85.9 Å². The van der Waals surface area contributed by atoms with E-state index in [-0.39, 0.29) is 31.9 Å². The second kappa shape index (κ2) is 10.0. The van der Waals surface area contributed by atoms with Crippen molar-refractivity contribution in [3.63, 3.8) is 0 Å². The number of nitrogens with zero attached hydrogens (tertiary/aromatic N) is 3. The van der Waals surface area contributed by atoms with Crippen LogP contribution in [0.2, 0.25) is 0 Å². The topological polar surface area (TPSA) is 113 Å². The summed E-state index contributed by atoms with van der Waals surface area (Å²) in [5, 5.41) is 8.31. The van der Waals surface area contributed by atoms with Crippen molar-refractivity contribution in [1.29, 1.82) is 0 Å². The van der Waals surface area contributed by atoms with Crippen LogP contribution in [0.1, 0.15) is 23.9 Å². The number of allylic oxidation sites excluding steroid dienone is 4. The first kappa shape index (κ1) is 28.1. The van der Waals surface area contributed by atoms with Crippen molar-refractivity contribution in [2.45, 2.75) is 34.7 Å². The number of aliphatic hydroxyl groups is 1. The maximum absolute atomic E-state index is 13.9. The molecule has 0 spiro atoms. The number of ketones is 2. The van der Waals surface area contributed by atoms with Gasteiger partial charge < -0.3 is 9.84 Å². The van der Waals surface area contributed by atoms with Gasteiger partial charge in [0.15, 0.2) is 11.6 Å². The molecule has 3 aliphatic rings. The summed E-state index contributed by atoms with van der Waals surface area (Å²) >= 11 is 26.9. The van der Waals surface area contributed by atoms with E-state index < -0.39 is 54.7 Å². The minimum absolute atomic E-state index is 0.0232. The highest BCUT2D eigenvalue weighted by Gasteiger charge is 2.71. The number of carbonyl (C=O) groups excluding carboxylic acids is 2. The van der Waals surface area contributed by atoms with Gasteiger partial charge in [-0.25, -0.2) is 23.5 Å². The molecular weight excluding hydrogens is 616 g/mol. The Bertz CT molecular complexity index is 1790. The number of fused-ring (bicyclic) bond motifs is 4. The summed E-state index contributed by atoms with van der Waals surface area (Å²) in [6.45, 7) is -0.373. The third kappa shape index (κ3) is 3.79. The molecule has 13 heteroatoms. The Morgan fingerprint density at radius 1 is 0.902 bits per heavy atom. The number of aliphatic hydroxyl groups excluding tert-OH is 1. The van der Waals surface area contributed by atoms with Crippen LogP contribution >= 0.6 is 46.4 Å². The van der Waals surface area contributed by atoms with Gasteiger partial charge in [-0.05, 0) is 23.8 Å². The van der Waals surface area contributed by atoms with Crippen LogP contribution in [-0.4, -0.2) is 53.6 Å². The molecule has 1 aliphatic heterocycles. The number of benzene rings is 2. The van der Waals surface area contributed by atoms with Crippen LogP contribution in [0, 0.1) is 0 Å². The van der Waals surface area contributed by atoms with E-state index in [1.165, 1.54) is 9.36 Å². The Labute approximate surface area is 252 Å². The number of alkyl halides is 2. The summed E-state index contributed by atoms with van der Waals surface area (Å²) in [6.07, 6.45) is 1.38. The average Bonchev–Trinajstić information content (AvgIpc) is 3.24. The predicted octanol–water partition coefficient (Wildman–Crippen LogP) is 3.64. The van der Waals surface area contributed by atoms with Crippen molar-refractivity contribution in [1.82, 2.24) is 13.9 Å². The molecule has 0 radical (unpaired) electrons. The van der Waals surface area contributed by atoms with Gasteiger partial charge in [0.2, 0.25) is 0 Å². The largest absolute Gasteiger partial charge is 0.491 e. The summed E-state index contributed by atoms with van der Waals surface area (Å²) < 4.78 is 9.33. The maximum Gasteiger partial charge on any atom is 0.352 e. The molecule has 41 heavy (non-hydrogen) atoms. The number of halogens is 4. The van der Waals surface area contributed by atoms with Gasteiger partial charge in [-0.2, -0.15) is 0 Å². The lowest BCUT2D eigenvalue weighted by molar-refractivity contribution is -0.128. The molecular formula is C28H21Cl4N3O6. The number of hydrogen-bond donors (Lipinski definition) is 1. The smallest absolute Gasteiger partial charge is 0.352 e. The van der Waals surface area contributed by atoms with E-state index in [0.717, 1.165) is 4.57 Å². The number of para-hydroxylation sites is 2. The van der Waals surface area contributed by atoms with E-state index in [9.17, 15) is 24.3 Å². The number of rotatable bonds is 5. The molecule has 2 aliphatic carbocycles. The Morgan fingerprint density at radius 2 is 1.56 bits per heavy atom. The number of aromatic nitrogens is 3. The molecule has 212 valence electrons. The molecule has 1 saturated carbocycles. The number of hydrogen-bond acceptors (Lipinski definition) is 6. The number of carbonyl (C=O) groups is 2. The van der Waals surface area contributed by atoms with Crippen molar-refractivity contribution in [3.05, 3.63) is 103 Å². The summed E-state index contributed by atoms with van der Waals surface area (Å²) in [6, 6.07) is 14.1. The van der Waals surface area contributed by atoms with Gasteiger partial charge in [0.25, 0.3) is 0 Å². The fourth-order valence-corrected chi connectivity index (χ4v) is 7.63. The van der Waals surface area contributed by atoms with Crippen molar-refractivity contribution in [2.75, 3.05) is 13.2 Å². The quantitative estimate of drug-likeness (QED) is 0.338. The highest BCUT2D eigenvalue weighted by atomic mass is 35.5. The van der Waals surface area contributed by atoms with Crippen LogP contribution in [0.4, 0.5) is 0 Å². The van der Waals surface area contributed by atoms with Gasteiger partial charge in [-0.1, -0.05) is 65.7 Å². The molecule has 0 amide bonds. The summed E-state index contributed by atoms with van der Waals surface area (Å²) in [7, 11) is 0. The first-order chi connectivity index (χ1) is 19.6. The second-order valence-electron chi connectivity index (χ2n) is 9.93. The Hall–Kier alpha value is -3.08. The summed E-state index contributed by atoms with van der Waals surface area (Å²) in [4.78, 5) is 50.7. The monoisotopic (exact) mass is 635 g/mol. The molecule has 0 saturated heterocycles. The maximum atomic E-state index is 13.9. The second-order valence-corrected chi connectivity index (χ2v) is 11.9. The zero-order valence-electron chi connectivity index (χ0n) is 21.1. The van der Waals surface area contributed by atoms with E-state index in [1.807, 2.05) is 0 Å². The van der Waals surface area contributed by atoms with Crippen molar-refractivity contribution in [2.24, 2.45) is 0 Å². The lowest BCUT2D eigenvalue weighted by Crippen LogP contribution is -2.67. The Morgan fingerprint density at radius 3 is 2.27 bits per heavy atom. The third-order valence-corrected chi connectivity index (χ3v) is 10.1. The van der Waals surface area contributed by atoms with Crippen molar-refractivity contribution in [3.8, 4) is 11.4 Å². The molecule has 3 aromatic rings. The first-order valence-electron chi connectivity index (χ1n) is 12.6. The SMILES string of the molecule is O=C1C(Cl)=C(Cl)C(=O)[C@@]2(Cl)[C@@H](c3ccccc3OCCO)C3=CCn4c(=O)n(-c5ccccc5)c(=O)n4[C@@H]3C[C@@]12Cl. The summed E-state index contributed by atoms with van der Waals surface area (Å²) in [5.41, 5.74) is -0.0169. The molecule has 0 bridgehead atoms. The van der Waals surface area contributed by atoms with Crippen molar-refractivity contribution < 1.29 is 19.4 Å². The number of ether oxygens (including phenoxy) is 1. The van der Waals surface area contributed by atoms with E-state index in [0.29, 0.717) is 16.8 Å². The van der Waals surface area contributed by atoms with E-state index in [2.05, 4.69) is 0 Å². The highest BCUT2D eigenvalue weighted by Crippen LogP contribution is 2.64. The zero-order chi connectivity index (χ0) is 29.3. The Kier molecular flexibility index (Phi) is 6.86. The minimum Gasteiger partial charge on any atom is -0.491 e. The molecule has 9 nitrogen and oxygen atoms in total. The lowest BCUT2D eigenvalue weighted by atomic mass is 9.59. The third-order valence-electron chi connectivity index (χ3n) is 7.90. The standard InChI is InChI=1S/C28H21Cl4N3O6/c29-21-22(30)24(38)28(32)20(17-8-4-5-9-19(17)41-13-12-36)16-10-11-33-25(39)34(15-6-2-1-3-7-15)26(40)35(33)18(16)14-27(28,31)23(21)37/h1-10,18,20,36H,11-14H2/t18-,20-,27-,28+/m1/s1. The molecule has 0 unspecified atom stereocenters. The van der Waals surface area contributed by atoms with Crippen LogP contribution in [0.3, 0.4) is 0 Å². The molecule has 4 atom stereocenters. The molecule has 1 aromatic heterocycles. The van der Waals surface area contributed by atoms with E-state index in [1.54, 1.807) is 60.7 Å². The van der Waals surface area contributed by atoms with Crippen LogP contribution in [0.25, 0.3) is 5.69 Å². The van der Waals surface area contributed by atoms with E-state index in [4.69, 9.17) is 51.1 Å². The highest BCUT2D eigenvalue weighted by molar-refractivity contribution is 6.66. The zero-order valence-corrected chi connectivity index (χ0v) is 24.1. The molecule has 2 aromatic carbocycles. The molecule has 1 N–H and O–H groups in total. The van der Waals surface area contributed by atoms with Gasteiger partial charge in [-0.3, -0.25) is 9.59 Å². The average molecular weight is 637 g/mol. The van der Waals surface area contributed by atoms with Gasteiger partial charge in [0, 0.05) is 17.9 Å². The predicted molar refractivity (Wildman–Crippen MR) is 154 cm³/mol. The lowest BCUT2D eigenvalue weighted by Gasteiger charge is -2.54. The Balaban J connectivity index is 1.64. The fourth-order valence-electron chi connectivity index (χ4n) is 6.12. The van der Waals surface area contributed by atoms with Gasteiger partial charge in [0.1, 0.15) is 32.2 Å². The van der Waals surface area contributed by atoms with E-state index >= 15 is 0 Å². The van der Waals surface area contributed by atoms with Gasteiger partial charge in [0.05, 0.1) is 24.9 Å². The van der Waals surface area contributed by atoms with Crippen LogP contribution in [-0.2, 0) is 16.1 Å². The fraction of sp³-hybridized carbons (Fsp3) is 0.286. The van der Waals surface area contributed by atoms with Gasteiger partial charge in [-0.15, -0.1) is 23.2 Å². The molecule has 6 rings (SSSR count). The summed E-state index contributed by atoms with van der Waals surface area (Å²) in [5.74, 6) is -2.57. The molecule has 1 fully saturated rings.